The fraction of sp³-hybridized carbons (Fsp3) is 0.280. The molecule has 2 aromatic heterocycles. The maximum Gasteiger partial charge on any atom is 0.267 e. The molecule has 0 aliphatic heterocycles. The highest BCUT2D eigenvalue weighted by atomic mass is 35.5. The monoisotopic (exact) mass is 484 g/mol. The molecule has 4 aromatic rings. The highest BCUT2D eigenvalue weighted by Gasteiger charge is 2.19. The van der Waals surface area contributed by atoms with E-state index in [2.05, 4.69) is 6.92 Å². The van der Waals surface area contributed by atoms with Crippen molar-refractivity contribution in [3.8, 4) is 11.4 Å². The van der Waals surface area contributed by atoms with E-state index in [1.807, 2.05) is 62.4 Å². The Bertz CT molecular complexity index is 1300. The molecule has 0 amide bonds. The molecule has 166 valence electrons. The number of benzene rings is 2. The van der Waals surface area contributed by atoms with Crippen LogP contribution in [-0.2, 0) is 12.2 Å². The molecule has 0 atom stereocenters. The van der Waals surface area contributed by atoms with Gasteiger partial charge in [-0.05, 0) is 61.7 Å². The van der Waals surface area contributed by atoms with Gasteiger partial charge in [-0.3, -0.25) is 9.36 Å². The summed E-state index contributed by atoms with van der Waals surface area (Å²) in [5.74, 6) is 1.40. The van der Waals surface area contributed by atoms with Gasteiger partial charge in [-0.1, -0.05) is 54.9 Å². The molecule has 0 saturated carbocycles. The number of ether oxygens (including phenoxy) is 1. The van der Waals surface area contributed by atoms with E-state index in [4.69, 9.17) is 21.3 Å². The lowest BCUT2D eigenvalue weighted by Gasteiger charge is -2.13. The quantitative estimate of drug-likeness (QED) is 0.198. The van der Waals surface area contributed by atoms with E-state index < -0.39 is 0 Å². The van der Waals surface area contributed by atoms with Crippen molar-refractivity contribution >= 4 is 44.9 Å². The number of hydrogen-bond acceptors (Lipinski definition) is 5. The molecular formula is C25H25ClN2O2S2. The minimum atomic E-state index is -0.0306. The zero-order valence-electron chi connectivity index (χ0n) is 18.4. The maximum absolute atomic E-state index is 13.7. The minimum Gasteiger partial charge on any atom is -0.494 e. The van der Waals surface area contributed by atoms with Crippen LogP contribution < -0.4 is 10.3 Å². The summed E-state index contributed by atoms with van der Waals surface area (Å²) in [6.07, 6.45) is 1.99. The van der Waals surface area contributed by atoms with Crippen LogP contribution in [-0.4, -0.2) is 16.2 Å². The van der Waals surface area contributed by atoms with Crippen molar-refractivity contribution in [1.29, 1.82) is 0 Å². The average Bonchev–Trinajstić information content (AvgIpc) is 3.10. The molecule has 0 aliphatic carbocycles. The summed E-state index contributed by atoms with van der Waals surface area (Å²) in [6.45, 7) is 6.74. The molecule has 0 bridgehead atoms. The number of nitrogens with zero attached hydrogens (tertiary/aromatic N) is 2. The summed E-state index contributed by atoms with van der Waals surface area (Å²) < 4.78 is 7.29. The Kier molecular flexibility index (Phi) is 7.23. The Hall–Kier alpha value is -2.28. The number of rotatable bonds is 8. The highest BCUT2D eigenvalue weighted by molar-refractivity contribution is 7.98. The molecule has 4 rings (SSSR count). The summed E-state index contributed by atoms with van der Waals surface area (Å²) in [7, 11) is 0. The lowest BCUT2D eigenvalue weighted by molar-refractivity contribution is 0.340. The number of thiophene rings is 1. The fourth-order valence-electron chi connectivity index (χ4n) is 3.62. The first-order valence-corrected chi connectivity index (χ1v) is 12.9. The van der Waals surface area contributed by atoms with Crippen LogP contribution in [0.3, 0.4) is 0 Å². The molecule has 0 unspecified atom stereocenters. The molecule has 0 fully saturated rings. The van der Waals surface area contributed by atoms with E-state index in [0.717, 1.165) is 45.6 Å². The molecule has 0 aliphatic rings. The standard InChI is InChI=1S/C25H25ClN2O2S2/c1-4-8-21-16(3)22-23(32-21)27-25(31-15-17-9-6-7-10-20(17)26)28(24(22)29)18-11-13-19(14-12-18)30-5-2/h6-7,9-14H,4-5,8,15H2,1-3H3. The summed E-state index contributed by atoms with van der Waals surface area (Å²) in [4.78, 5) is 20.7. The normalized spacial score (nSPS) is 11.2. The average molecular weight is 485 g/mol. The van der Waals surface area contributed by atoms with Gasteiger partial charge in [0.15, 0.2) is 5.16 Å². The maximum atomic E-state index is 13.7. The third-order valence-corrected chi connectivity index (χ3v) is 7.83. The van der Waals surface area contributed by atoms with Crippen molar-refractivity contribution in [2.24, 2.45) is 0 Å². The Balaban J connectivity index is 1.84. The first kappa shape index (κ1) is 22.9. The third kappa shape index (κ3) is 4.58. The van der Waals surface area contributed by atoms with Crippen LogP contribution in [0.1, 0.15) is 36.3 Å². The van der Waals surface area contributed by atoms with Gasteiger partial charge in [-0.2, -0.15) is 0 Å². The van der Waals surface area contributed by atoms with Gasteiger partial charge in [0.2, 0.25) is 0 Å². The van der Waals surface area contributed by atoms with Crippen molar-refractivity contribution in [3.63, 3.8) is 0 Å². The summed E-state index contributed by atoms with van der Waals surface area (Å²) in [5, 5.41) is 2.10. The molecule has 2 heterocycles. The van der Waals surface area contributed by atoms with Gasteiger partial charge < -0.3 is 4.74 Å². The van der Waals surface area contributed by atoms with Gasteiger partial charge in [0.1, 0.15) is 10.6 Å². The molecule has 4 nitrogen and oxygen atoms in total. The van der Waals surface area contributed by atoms with Crippen molar-refractivity contribution in [2.45, 2.75) is 44.5 Å². The topological polar surface area (TPSA) is 44.1 Å². The van der Waals surface area contributed by atoms with E-state index in [9.17, 15) is 4.79 Å². The molecule has 0 spiro atoms. The van der Waals surface area contributed by atoms with Gasteiger partial charge in [0, 0.05) is 15.7 Å². The van der Waals surface area contributed by atoms with Crippen molar-refractivity contribution in [2.75, 3.05) is 6.61 Å². The molecule has 0 radical (unpaired) electrons. The Morgan fingerprint density at radius 2 is 1.88 bits per heavy atom. The second-order valence-electron chi connectivity index (χ2n) is 7.42. The van der Waals surface area contributed by atoms with Crippen molar-refractivity contribution < 1.29 is 4.74 Å². The first-order valence-electron chi connectivity index (χ1n) is 10.7. The van der Waals surface area contributed by atoms with E-state index >= 15 is 0 Å². The van der Waals surface area contributed by atoms with Gasteiger partial charge in [0.25, 0.3) is 5.56 Å². The number of halogens is 1. The summed E-state index contributed by atoms with van der Waals surface area (Å²) in [5.41, 5.74) is 2.81. The Morgan fingerprint density at radius 3 is 2.56 bits per heavy atom. The van der Waals surface area contributed by atoms with Crippen molar-refractivity contribution in [1.82, 2.24) is 9.55 Å². The molecule has 0 saturated heterocycles. The summed E-state index contributed by atoms with van der Waals surface area (Å²) >= 11 is 9.52. The minimum absolute atomic E-state index is 0.0306. The molecular weight excluding hydrogens is 460 g/mol. The Labute approximate surface area is 201 Å². The van der Waals surface area contributed by atoms with E-state index in [1.54, 1.807) is 15.9 Å². The number of aromatic nitrogens is 2. The highest BCUT2D eigenvalue weighted by Crippen LogP contribution is 2.33. The zero-order valence-corrected chi connectivity index (χ0v) is 20.7. The molecule has 0 N–H and O–H groups in total. The number of fused-ring (bicyclic) bond motifs is 1. The van der Waals surface area contributed by atoms with Crippen LogP contribution in [0, 0.1) is 6.92 Å². The lowest BCUT2D eigenvalue weighted by Crippen LogP contribution is -2.21. The van der Waals surface area contributed by atoms with Crippen LogP contribution in [0.5, 0.6) is 5.75 Å². The van der Waals surface area contributed by atoms with E-state index in [1.165, 1.54) is 16.6 Å². The van der Waals surface area contributed by atoms with Crippen molar-refractivity contribution in [3.05, 3.63) is 79.9 Å². The molecule has 32 heavy (non-hydrogen) atoms. The Morgan fingerprint density at radius 1 is 1.12 bits per heavy atom. The predicted molar refractivity (Wildman–Crippen MR) is 136 cm³/mol. The summed E-state index contributed by atoms with van der Waals surface area (Å²) in [6, 6.07) is 15.4. The van der Waals surface area contributed by atoms with Gasteiger partial charge in [-0.15, -0.1) is 11.3 Å². The second kappa shape index (κ2) is 10.1. The number of aryl methyl sites for hydroxylation is 2. The van der Waals surface area contributed by atoms with Crippen LogP contribution in [0.4, 0.5) is 0 Å². The van der Waals surface area contributed by atoms with Crippen LogP contribution in [0.2, 0.25) is 5.02 Å². The van der Waals surface area contributed by atoms with Crippen LogP contribution in [0.15, 0.2) is 58.5 Å². The number of hydrogen-bond donors (Lipinski definition) is 0. The second-order valence-corrected chi connectivity index (χ2v) is 9.86. The SMILES string of the molecule is CCCc1sc2nc(SCc3ccccc3Cl)n(-c3ccc(OCC)cc3)c(=O)c2c1C. The van der Waals surface area contributed by atoms with Crippen LogP contribution >= 0.6 is 34.7 Å². The number of thioether (sulfide) groups is 1. The first-order chi connectivity index (χ1) is 15.5. The smallest absolute Gasteiger partial charge is 0.267 e. The molecule has 2 aromatic carbocycles. The van der Waals surface area contributed by atoms with Gasteiger partial charge in [-0.25, -0.2) is 4.98 Å². The lowest BCUT2D eigenvalue weighted by atomic mass is 10.1. The predicted octanol–water partition coefficient (Wildman–Crippen LogP) is 7.05. The third-order valence-electron chi connectivity index (χ3n) is 5.23. The van der Waals surface area contributed by atoms with E-state index in [0.29, 0.717) is 22.5 Å². The van der Waals surface area contributed by atoms with E-state index in [-0.39, 0.29) is 5.56 Å². The molecule has 7 heteroatoms. The zero-order chi connectivity index (χ0) is 22.7. The van der Waals surface area contributed by atoms with Gasteiger partial charge in [0.05, 0.1) is 17.7 Å². The van der Waals surface area contributed by atoms with Crippen LogP contribution in [0.25, 0.3) is 15.9 Å². The fourth-order valence-corrected chi connectivity index (χ4v) is 6.23. The van der Waals surface area contributed by atoms with Gasteiger partial charge >= 0.3 is 0 Å². The largest absolute Gasteiger partial charge is 0.494 e.